The van der Waals surface area contributed by atoms with E-state index in [9.17, 15) is 4.79 Å². The van der Waals surface area contributed by atoms with Crippen molar-refractivity contribution in [1.82, 2.24) is 10.2 Å². The van der Waals surface area contributed by atoms with Gasteiger partial charge in [0.2, 0.25) is 0 Å². The SMILES string of the molecule is CCN1CCC(NC(=S)Nc2sc(C)cc2C(=O)OC)CC1. The highest BCUT2D eigenvalue weighted by Gasteiger charge is 2.20. The molecule has 0 saturated carbocycles. The van der Waals surface area contributed by atoms with Gasteiger partial charge in [0.1, 0.15) is 5.00 Å². The molecule has 122 valence electrons. The second kappa shape index (κ2) is 7.89. The number of carbonyl (C=O) groups excluding carboxylic acids is 1. The number of nitrogens with zero attached hydrogens (tertiary/aromatic N) is 1. The number of hydrogen-bond donors (Lipinski definition) is 2. The van der Waals surface area contributed by atoms with Crippen LogP contribution in [0.3, 0.4) is 0 Å². The number of esters is 1. The molecule has 1 aromatic rings. The van der Waals surface area contributed by atoms with Gasteiger partial charge in [-0.2, -0.15) is 0 Å². The molecule has 1 aliphatic rings. The van der Waals surface area contributed by atoms with E-state index >= 15 is 0 Å². The molecule has 1 aromatic heterocycles. The average molecular weight is 342 g/mol. The van der Waals surface area contributed by atoms with Gasteiger partial charge in [0.25, 0.3) is 0 Å². The van der Waals surface area contributed by atoms with Crippen molar-refractivity contribution in [2.45, 2.75) is 32.7 Å². The summed E-state index contributed by atoms with van der Waals surface area (Å²) in [6.45, 7) is 7.45. The molecule has 0 radical (unpaired) electrons. The van der Waals surface area contributed by atoms with E-state index in [1.807, 2.05) is 13.0 Å². The fourth-order valence-electron chi connectivity index (χ4n) is 2.59. The molecule has 1 saturated heterocycles. The Morgan fingerprint density at radius 1 is 1.50 bits per heavy atom. The first kappa shape index (κ1) is 17.2. The molecule has 0 aliphatic carbocycles. The van der Waals surface area contributed by atoms with Crippen molar-refractivity contribution < 1.29 is 9.53 Å². The number of carbonyl (C=O) groups is 1. The van der Waals surface area contributed by atoms with Crippen LogP contribution < -0.4 is 10.6 Å². The van der Waals surface area contributed by atoms with E-state index in [-0.39, 0.29) is 5.97 Å². The van der Waals surface area contributed by atoms with E-state index in [0.717, 1.165) is 42.4 Å². The van der Waals surface area contributed by atoms with E-state index in [1.165, 1.54) is 18.4 Å². The third-order valence-corrected chi connectivity index (χ3v) is 5.04. The summed E-state index contributed by atoms with van der Waals surface area (Å²) in [7, 11) is 1.39. The molecular formula is C15H23N3O2S2. The van der Waals surface area contributed by atoms with Gasteiger partial charge in [0, 0.05) is 24.0 Å². The fourth-order valence-corrected chi connectivity index (χ4v) is 3.82. The maximum atomic E-state index is 11.8. The molecule has 22 heavy (non-hydrogen) atoms. The van der Waals surface area contributed by atoms with Crippen LogP contribution in [0.4, 0.5) is 5.00 Å². The number of likely N-dealkylation sites (tertiary alicyclic amines) is 1. The summed E-state index contributed by atoms with van der Waals surface area (Å²) in [5.41, 5.74) is 0.537. The molecule has 0 amide bonds. The zero-order valence-electron chi connectivity index (χ0n) is 13.3. The number of piperidine rings is 1. The van der Waals surface area contributed by atoms with Crippen molar-refractivity contribution in [3.8, 4) is 0 Å². The monoisotopic (exact) mass is 341 g/mol. The summed E-state index contributed by atoms with van der Waals surface area (Å²) in [4.78, 5) is 15.2. The van der Waals surface area contributed by atoms with Gasteiger partial charge in [0.15, 0.2) is 5.11 Å². The number of nitrogens with one attached hydrogen (secondary N) is 2. The van der Waals surface area contributed by atoms with Gasteiger partial charge in [-0.15, -0.1) is 11.3 Å². The molecule has 0 bridgehead atoms. The van der Waals surface area contributed by atoms with Crippen LogP contribution in [0, 0.1) is 6.92 Å². The fraction of sp³-hybridized carbons (Fsp3) is 0.600. The molecule has 0 spiro atoms. The third kappa shape index (κ3) is 4.41. The second-order valence-electron chi connectivity index (χ2n) is 5.40. The lowest BCUT2D eigenvalue weighted by Gasteiger charge is -2.32. The quantitative estimate of drug-likeness (QED) is 0.649. The van der Waals surface area contributed by atoms with Crippen molar-refractivity contribution in [2.24, 2.45) is 0 Å². The van der Waals surface area contributed by atoms with Crippen LogP contribution >= 0.6 is 23.6 Å². The molecule has 1 fully saturated rings. The lowest BCUT2D eigenvalue weighted by molar-refractivity contribution is 0.0602. The zero-order chi connectivity index (χ0) is 16.1. The Morgan fingerprint density at radius 2 is 2.18 bits per heavy atom. The van der Waals surface area contributed by atoms with E-state index < -0.39 is 0 Å². The maximum absolute atomic E-state index is 11.8. The predicted octanol–water partition coefficient (Wildman–Crippen LogP) is 2.61. The van der Waals surface area contributed by atoms with Crippen LogP contribution in [0.15, 0.2) is 6.07 Å². The predicted molar refractivity (Wildman–Crippen MR) is 94.9 cm³/mol. The molecule has 2 rings (SSSR count). The standard InChI is InChI=1S/C15H23N3O2S2/c1-4-18-7-5-11(6-8-18)16-15(21)17-13-12(14(19)20-3)9-10(2)22-13/h9,11H,4-8H2,1-3H3,(H2,16,17,21). The summed E-state index contributed by atoms with van der Waals surface area (Å²) in [5, 5.41) is 7.81. The Morgan fingerprint density at radius 3 is 2.77 bits per heavy atom. The number of hydrogen-bond acceptors (Lipinski definition) is 5. The Bertz CT molecular complexity index is 537. The van der Waals surface area contributed by atoms with Gasteiger partial charge >= 0.3 is 5.97 Å². The van der Waals surface area contributed by atoms with Gasteiger partial charge < -0.3 is 20.3 Å². The minimum absolute atomic E-state index is 0.342. The molecular weight excluding hydrogens is 318 g/mol. The molecule has 2 heterocycles. The smallest absolute Gasteiger partial charge is 0.340 e. The highest BCUT2D eigenvalue weighted by Crippen LogP contribution is 2.28. The minimum atomic E-state index is -0.342. The first-order valence-corrected chi connectivity index (χ1v) is 8.74. The van der Waals surface area contributed by atoms with Crippen molar-refractivity contribution in [1.29, 1.82) is 0 Å². The molecule has 0 aromatic carbocycles. The van der Waals surface area contributed by atoms with Crippen molar-refractivity contribution in [3.63, 3.8) is 0 Å². The Kier molecular flexibility index (Phi) is 6.16. The lowest BCUT2D eigenvalue weighted by atomic mass is 10.1. The topological polar surface area (TPSA) is 53.6 Å². The number of thiophene rings is 1. The molecule has 5 nitrogen and oxygen atoms in total. The first-order chi connectivity index (χ1) is 10.5. The average Bonchev–Trinajstić information content (AvgIpc) is 2.87. The van der Waals surface area contributed by atoms with Crippen LogP contribution in [0.1, 0.15) is 35.0 Å². The van der Waals surface area contributed by atoms with Gasteiger partial charge in [-0.3, -0.25) is 0 Å². The van der Waals surface area contributed by atoms with Crippen LogP contribution in [0.25, 0.3) is 0 Å². The largest absolute Gasteiger partial charge is 0.465 e. The summed E-state index contributed by atoms with van der Waals surface area (Å²) in [6, 6.07) is 2.21. The Hall–Kier alpha value is -1.18. The number of aryl methyl sites for hydroxylation is 1. The summed E-state index contributed by atoms with van der Waals surface area (Å²) in [6.07, 6.45) is 2.17. The second-order valence-corrected chi connectivity index (χ2v) is 7.06. The number of methoxy groups -OCH3 is 1. The highest BCUT2D eigenvalue weighted by molar-refractivity contribution is 7.80. The van der Waals surface area contributed by atoms with E-state index in [0.29, 0.717) is 16.7 Å². The molecule has 7 heteroatoms. The van der Waals surface area contributed by atoms with E-state index in [2.05, 4.69) is 22.5 Å². The van der Waals surface area contributed by atoms with Crippen LogP contribution in [0.5, 0.6) is 0 Å². The molecule has 0 atom stereocenters. The summed E-state index contributed by atoms with van der Waals surface area (Å²) in [5.74, 6) is -0.342. The van der Waals surface area contributed by atoms with Crippen LogP contribution in [-0.2, 0) is 4.74 Å². The van der Waals surface area contributed by atoms with Crippen LogP contribution in [-0.4, -0.2) is 48.8 Å². The summed E-state index contributed by atoms with van der Waals surface area (Å²) < 4.78 is 4.80. The molecule has 1 aliphatic heterocycles. The maximum Gasteiger partial charge on any atom is 0.340 e. The van der Waals surface area contributed by atoms with Crippen LogP contribution in [0.2, 0.25) is 0 Å². The zero-order valence-corrected chi connectivity index (χ0v) is 14.9. The van der Waals surface area contributed by atoms with Gasteiger partial charge in [0.05, 0.1) is 12.7 Å². The van der Waals surface area contributed by atoms with Gasteiger partial charge in [-0.05, 0) is 44.6 Å². The number of ether oxygens (including phenoxy) is 1. The van der Waals surface area contributed by atoms with Crippen molar-refractivity contribution in [2.75, 3.05) is 32.1 Å². The molecule has 2 N–H and O–H groups in total. The number of rotatable bonds is 4. The lowest BCUT2D eigenvalue weighted by Crippen LogP contribution is -2.45. The number of thiocarbonyl (C=S) groups is 1. The van der Waals surface area contributed by atoms with Crippen molar-refractivity contribution >= 4 is 39.6 Å². The first-order valence-electron chi connectivity index (χ1n) is 7.52. The number of anilines is 1. The van der Waals surface area contributed by atoms with Crippen molar-refractivity contribution in [3.05, 3.63) is 16.5 Å². The molecule has 0 unspecified atom stereocenters. The summed E-state index contributed by atoms with van der Waals surface area (Å²) >= 11 is 6.89. The third-order valence-electron chi connectivity index (χ3n) is 3.86. The van der Waals surface area contributed by atoms with Gasteiger partial charge in [-0.25, -0.2) is 4.79 Å². The Labute approximate surface area is 141 Å². The Balaban J connectivity index is 1.91. The van der Waals surface area contributed by atoms with E-state index in [4.69, 9.17) is 17.0 Å². The highest BCUT2D eigenvalue weighted by atomic mass is 32.1. The minimum Gasteiger partial charge on any atom is -0.465 e. The normalized spacial score (nSPS) is 16.3. The van der Waals surface area contributed by atoms with Gasteiger partial charge in [-0.1, -0.05) is 6.92 Å². The van der Waals surface area contributed by atoms with E-state index in [1.54, 1.807) is 0 Å².